The van der Waals surface area contributed by atoms with Gasteiger partial charge in [0.05, 0.1) is 17.9 Å². The molecule has 2 aromatic carbocycles. The summed E-state index contributed by atoms with van der Waals surface area (Å²) < 4.78 is 5.60. The van der Waals surface area contributed by atoms with Crippen LogP contribution in [0.5, 0.6) is 5.75 Å². The van der Waals surface area contributed by atoms with Crippen molar-refractivity contribution < 1.29 is 9.53 Å². The fourth-order valence-corrected chi connectivity index (χ4v) is 2.61. The highest BCUT2D eigenvalue weighted by molar-refractivity contribution is 6.04. The van der Waals surface area contributed by atoms with Gasteiger partial charge in [-0.25, -0.2) is 4.98 Å². The minimum atomic E-state index is -0.188. The Bertz CT molecular complexity index is 937. The Labute approximate surface area is 159 Å². The normalized spacial score (nSPS) is 10.3. The monoisotopic (exact) mass is 361 g/mol. The van der Waals surface area contributed by atoms with Crippen molar-refractivity contribution in [3.63, 3.8) is 0 Å². The minimum Gasteiger partial charge on any atom is -0.492 e. The maximum absolute atomic E-state index is 12.4. The van der Waals surface area contributed by atoms with Crippen LogP contribution in [0.4, 0.5) is 17.2 Å². The second-order valence-corrected chi connectivity index (χ2v) is 6.24. The van der Waals surface area contributed by atoms with Gasteiger partial charge in [-0.1, -0.05) is 18.2 Å². The molecule has 5 nitrogen and oxygen atoms in total. The van der Waals surface area contributed by atoms with Crippen molar-refractivity contribution in [2.24, 2.45) is 0 Å². The van der Waals surface area contributed by atoms with Gasteiger partial charge in [-0.05, 0) is 68.3 Å². The Morgan fingerprint density at radius 1 is 1.04 bits per heavy atom. The average Bonchev–Trinajstić information content (AvgIpc) is 2.67. The molecule has 1 aromatic heterocycles. The quantitative estimate of drug-likeness (QED) is 0.642. The van der Waals surface area contributed by atoms with Gasteiger partial charge in [-0.15, -0.1) is 0 Å². The van der Waals surface area contributed by atoms with Crippen LogP contribution < -0.4 is 15.4 Å². The van der Waals surface area contributed by atoms with Gasteiger partial charge in [0.15, 0.2) is 0 Å². The zero-order valence-corrected chi connectivity index (χ0v) is 15.7. The number of nitrogens with one attached hydrogen (secondary N) is 2. The second kappa shape index (κ2) is 8.36. The zero-order valence-electron chi connectivity index (χ0n) is 15.7. The molecular weight excluding hydrogens is 338 g/mol. The van der Waals surface area contributed by atoms with Crippen LogP contribution in [0.2, 0.25) is 0 Å². The number of benzene rings is 2. The molecule has 0 unspecified atom stereocenters. The lowest BCUT2D eigenvalue weighted by Gasteiger charge is -2.12. The molecule has 5 heteroatoms. The first-order valence-corrected chi connectivity index (χ1v) is 8.90. The number of anilines is 3. The van der Waals surface area contributed by atoms with Crippen LogP contribution in [0.1, 0.15) is 28.4 Å². The van der Waals surface area contributed by atoms with E-state index in [0.717, 1.165) is 22.7 Å². The van der Waals surface area contributed by atoms with Crippen molar-refractivity contribution in [3.8, 4) is 5.75 Å². The average molecular weight is 361 g/mol. The number of carbonyl (C=O) groups excluding carboxylic acids is 1. The summed E-state index contributed by atoms with van der Waals surface area (Å²) in [4.78, 5) is 16.8. The largest absolute Gasteiger partial charge is 0.492 e. The van der Waals surface area contributed by atoms with Crippen molar-refractivity contribution in [2.45, 2.75) is 20.8 Å². The second-order valence-electron chi connectivity index (χ2n) is 6.24. The molecule has 0 radical (unpaired) electrons. The summed E-state index contributed by atoms with van der Waals surface area (Å²) in [6, 6.07) is 17.0. The predicted octanol–water partition coefficient (Wildman–Crippen LogP) is 5.09. The Kier molecular flexibility index (Phi) is 5.71. The topological polar surface area (TPSA) is 63.2 Å². The van der Waals surface area contributed by atoms with E-state index in [2.05, 4.69) is 15.6 Å². The van der Waals surface area contributed by atoms with E-state index in [9.17, 15) is 4.79 Å². The van der Waals surface area contributed by atoms with Gasteiger partial charge in [0.2, 0.25) is 0 Å². The Morgan fingerprint density at radius 3 is 2.56 bits per heavy atom. The summed E-state index contributed by atoms with van der Waals surface area (Å²) in [6.45, 7) is 6.59. The van der Waals surface area contributed by atoms with Gasteiger partial charge in [0.1, 0.15) is 11.6 Å². The van der Waals surface area contributed by atoms with E-state index in [4.69, 9.17) is 4.74 Å². The van der Waals surface area contributed by atoms with E-state index < -0.39 is 0 Å². The number of nitrogens with zero attached hydrogens (tertiary/aromatic N) is 1. The van der Waals surface area contributed by atoms with Crippen LogP contribution in [-0.4, -0.2) is 17.5 Å². The SMILES string of the molecule is CCOc1ccccc1Nc1ccc(C(=O)Nc2ccc(C)c(C)c2)cn1. The minimum absolute atomic E-state index is 0.188. The number of rotatable bonds is 6. The van der Waals surface area contributed by atoms with Gasteiger partial charge < -0.3 is 15.4 Å². The molecule has 0 aliphatic rings. The summed E-state index contributed by atoms with van der Waals surface area (Å²) in [5.74, 6) is 1.22. The van der Waals surface area contributed by atoms with Gasteiger partial charge in [0, 0.05) is 11.9 Å². The molecule has 0 atom stereocenters. The first-order chi connectivity index (χ1) is 13.1. The molecule has 1 amide bonds. The third kappa shape index (κ3) is 4.64. The van der Waals surface area contributed by atoms with Crippen molar-refractivity contribution in [2.75, 3.05) is 17.2 Å². The van der Waals surface area contributed by atoms with E-state index in [0.29, 0.717) is 18.0 Å². The summed E-state index contributed by atoms with van der Waals surface area (Å²) in [5.41, 5.74) is 4.43. The number of aromatic nitrogens is 1. The molecule has 0 aliphatic carbocycles. The van der Waals surface area contributed by atoms with Gasteiger partial charge in [0.25, 0.3) is 5.91 Å². The highest BCUT2D eigenvalue weighted by Gasteiger charge is 2.09. The lowest BCUT2D eigenvalue weighted by Crippen LogP contribution is -2.12. The van der Waals surface area contributed by atoms with E-state index >= 15 is 0 Å². The molecule has 27 heavy (non-hydrogen) atoms. The Morgan fingerprint density at radius 2 is 1.85 bits per heavy atom. The molecule has 3 aromatic rings. The summed E-state index contributed by atoms with van der Waals surface area (Å²) >= 11 is 0. The molecule has 0 spiro atoms. The van der Waals surface area contributed by atoms with Crippen molar-refractivity contribution in [1.29, 1.82) is 0 Å². The fraction of sp³-hybridized carbons (Fsp3) is 0.182. The smallest absolute Gasteiger partial charge is 0.257 e. The van der Waals surface area contributed by atoms with Crippen LogP contribution in [-0.2, 0) is 0 Å². The number of pyridine rings is 1. The number of aryl methyl sites for hydroxylation is 2. The fourth-order valence-electron chi connectivity index (χ4n) is 2.61. The molecule has 0 aliphatic heterocycles. The molecular formula is C22H23N3O2. The van der Waals surface area contributed by atoms with E-state index in [1.165, 1.54) is 5.56 Å². The zero-order chi connectivity index (χ0) is 19.2. The van der Waals surface area contributed by atoms with E-state index in [1.54, 1.807) is 18.3 Å². The first kappa shape index (κ1) is 18.5. The maximum atomic E-state index is 12.4. The van der Waals surface area contributed by atoms with Crippen LogP contribution in [0.15, 0.2) is 60.8 Å². The van der Waals surface area contributed by atoms with Gasteiger partial charge in [-0.3, -0.25) is 4.79 Å². The van der Waals surface area contributed by atoms with E-state index in [-0.39, 0.29) is 5.91 Å². The van der Waals surface area contributed by atoms with E-state index in [1.807, 2.05) is 63.2 Å². The highest BCUT2D eigenvalue weighted by atomic mass is 16.5. The molecule has 2 N–H and O–H groups in total. The highest BCUT2D eigenvalue weighted by Crippen LogP contribution is 2.26. The number of para-hydroxylation sites is 2. The molecule has 0 fully saturated rings. The van der Waals surface area contributed by atoms with Crippen LogP contribution in [0, 0.1) is 13.8 Å². The summed E-state index contributed by atoms with van der Waals surface area (Å²) in [6.07, 6.45) is 1.56. The van der Waals surface area contributed by atoms with Gasteiger partial charge in [-0.2, -0.15) is 0 Å². The standard InChI is InChI=1S/C22H23N3O2/c1-4-27-20-8-6-5-7-19(20)25-21-12-10-17(14-23-21)22(26)24-18-11-9-15(2)16(3)13-18/h5-14H,4H2,1-3H3,(H,23,25)(H,24,26). The Hall–Kier alpha value is -3.34. The summed E-state index contributed by atoms with van der Waals surface area (Å²) in [7, 11) is 0. The van der Waals surface area contributed by atoms with Crippen molar-refractivity contribution in [1.82, 2.24) is 4.98 Å². The number of amides is 1. The number of carbonyl (C=O) groups is 1. The molecule has 0 saturated heterocycles. The molecule has 1 heterocycles. The lowest BCUT2D eigenvalue weighted by atomic mass is 10.1. The summed E-state index contributed by atoms with van der Waals surface area (Å²) in [5, 5.41) is 6.12. The third-order valence-corrected chi connectivity index (χ3v) is 4.24. The Balaban J connectivity index is 1.69. The van der Waals surface area contributed by atoms with Crippen LogP contribution in [0.3, 0.4) is 0 Å². The number of hydrogen-bond donors (Lipinski definition) is 2. The molecule has 0 saturated carbocycles. The van der Waals surface area contributed by atoms with Crippen LogP contribution >= 0.6 is 0 Å². The molecule has 138 valence electrons. The molecule has 3 rings (SSSR count). The van der Waals surface area contributed by atoms with Gasteiger partial charge >= 0.3 is 0 Å². The van der Waals surface area contributed by atoms with Crippen LogP contribution in [0.25, 0.3) is 0 Å². The van der Waals surface area contributed by atoms with Crippen molar-refractivity contribution >= 4 is 23.1 Å². The number of ether oxygens (including phenoxy) is 1. The lowest BCUT2D eigenvalue weighted by molar-refractivity contribution is 0.102. The predicted molar refractivity (Wildman–Crippen MR) is 109 cm³/mol. The van der Waals surface area contributed by atoms with Crippen molar-refractivity contribution in [3.05, 3.63) is 77.5 Å². The molecule has 0 bridgehead atoms. The number of hydrogen-bond acceptors (Lipinski definition) is 4. The first-order valence-electron chi connectivity index (χ1n) is 8.90. The maximum Gasteiger partial charge on any atom is 0.257 e. The third-order valence-electron chi connectivity index (χ3n) is 4.24.